The quantitative estimate of drug-likeness (QED) is 0.777. The second-order valence-electron chi connectivity index (χ2n) is 5.60. The summed E-state index contributed by atoms with van der Waals surface area (Å²) < 4.78 is 16.1. The Morgan fingerprint density at radius 2 is 2.00 bits per heavy atom. The minimum absolute atomic E-state index is 0.0780. The molecule has 1 atom stereocenters. The van der Waals surface area contributed by atoms with Gasteiger partial charge in [0.05, 0.1) is 13.7 Å². The Bertz CT molecular complexity index is 720. The first-order valence-electron chi connectivity index (χ1n) is 7.88. The number of ether oxygens (including phenoxy) is 3. The van der Waals surface area contributed by atoms with Crippen molar-refractivity contribution in [2.24, 2.45) is 0 Å². The van der Waals surface area contributed by atoms with E-state index in [0.717, 1.165) is 5.56 Å². The molecule has 0 saturated carbocycles. The highest BCUT2D eigenvalue weighted by atomic mass is 35.5. The van der Waals surface area contributed by atoms with Gasteiger partial charge in [-0.25, -0.2) is 0 Å². The number of methoxy groups -OCH3 is 2. The summed E-state index contributed by atoms with van der Waals surface area (Å²) in [6.07, 6.45) is 0. The topological polar surface area (TPSA) is 56.8 Å². The predicted octanol–water partition coefficient (Wildman–Crippen LogP) is 3.69. The number of carbonyl (C=O) groups excluding carboxylic acids is 1. The lowest BCUT2D eigenvalue weighted by molar-refractivity contribution is 0.0905. The molecule has 0 fully saturated rings. The van der Waals surface area contributed by atoms with E-state index in [4.69, 9.17) is 25.8 Å². The number of nitrogens with one attached hydrogen (secondary N) is 1. The molecule has 0 heterocycles. The van der Waals surface area contributed by atoms with Crippen molar-refractivity contribution in [1.29, 1.82) is 0 Å². The maximum atomic E-state index is 12.3. The normalized spacial score (nSPS) is 11.7. The maximum Gasteiger partial charge on any atom is 0.251 e. The van der Waals surface area contributed by atoms with Gasteiger partial charge in [0.15, 0.2) is 0 Å². The average Bonchev–Trinajstić information content (AvgIpc) is 2.60. The van der Waals surface area contributed by atoms with Crippen LogP contribution >= 0.6 is 11.6 Å². The van der Waals surface area contributed by atoms with Crippen molar-refractivity contribution in [3.8, 4) is 11.5 Å². The second-order valence-corrected chi connectivity index (χ2v) is 6.04. The molecule has 0 spiro atoms. The number of halogens is 1. The van der Waals surface area contributed by atoms with Crippen molar-refractivity contribution in [3.63, 3.8) is 0 Å². The zero-order chi connectivity index (χ0) is 18.2. The van der Waals surface area contributed by atoms with E-state index in [9.17, 15) is 4.79 Å². The zero-order valence-corrected chi connectivity index (χ0v) is 15.3. The third kappa shape index (κ3) is 5.66. The van der Waals surface area contributed by atoms with Gasteiger partial charge in [0, 0.05) is 29.3 Å². The summed E-state index contributed by atoms with van der Waals surface area (Å²) in [5.41, 5.74) is 1.31. The van der Waals surface area contributed by atoms with Crippen LogP contribution in [0, 0.1) is 0 Å². The number of carbonyl (C=O) groups is 1. The van der Waals surface area contributed by atoms with E-state index < -0.39 is 0 Å². The van der Waals surface area contributed by atoms with Crippen LogP contribution in [0.4, 0.5) is 0 Å². The Morgan fingerprint density at radius 1 is 1.20 bits per heavy atom. The van der Waals surface area contributed by atoms with Crippen LogP contribution in [0.15, 0.2) is 42.5 Å². The molecule has 2 aromatic rings. The van der Waals surface area contributed by atoms with Crippen molar-refractivity contribution in [2.45, 2.75) is 19.6 Å². The van der Waals surface area contributed by atoms with Gasteiger partial charge in [-0.05, 0) is 43.3 Å². The highest BCUT2D eigenvalue weighted by molar-refractivity contribution is 6.30. The van der Waals surface area contributed by atoms with Crippen LogP contribution in [-0.2, 0) is 11.3 Å². The molecular weight excluding hydrogens is 342 g/mol. The Balaban J connectivity index is 2.12. The predicted molar refractivity (Wildman–Crippen MR) is 97.6 cm³/mol. The molecule has 0 radical (unpaired) electrons. The van der Waals surface area contributed by atoms with Crippen LogP contribution in [0.5, 0.6) is 11.5 Å². The van der Waals surface area contributed by atoms with E-state index in [1.807, 2.05) is 19.1 Å². The standard InChI is InChI=1S/C19H22ClNO4/c1-13(11-23-2)21-19(22)14-7-8-18(24-3)15(9-14)12-25-17-6-4-5-16(20)10-17/h4-10,13H,11-12H2,1-3H3,(H,21,22)/t13-/m0/s1. The first kappa shape index (κ1) is 19.1. The highest BCUT2D eigenvalue weighted by Gasteiger charge is 2.13. The number of benzene rings is 2. The van der Waals surface area contributed by atoms with E-state index in [1.54, 1.807) is 44.6 Å². The summed E-state index contributed by atoms with van der Waals surface area (Å²) >= 11 is 5.96. The molecule has 0 saturated heterocycles. The summed E-state index contributed by atoms with van der Waals surface area (Å²) in [5, 5.41) is 3.48. The van der Waals surface area contributed by atoms with E-state index in [-0.39, 0.29) is 18.6 Å². The van der Waals surface area contributed by atoms with Crippen LogP contribution in [0.3, 0.4) is 0 Å². The average molecular weight is 364 g/mol. The van der Waals surface area contributed by atoms with Gasteiger partial charge in [0.1, 0.15) is 18.1 Å². The number of amides is 1. The van der Waals surface area contributed by atoms with Gasteiger partial charge < -0.3 is 19.5 Å². The minimum Gasteiger partial charge on any atom is -0.496 e. The van der Waals surface area contributed by atoms with Crippen LogP contribution < -0.4 is 14.8 Å². The fraction of sp³-hybridized carbons (Fsp3) is 0.316. The van der Waals surface area contributed by atoms with Gasteiger partial charge in [-0.1, -0.05) is 17.7 Å². The van der Waals surface area contributed by atoms with Crippen molar-refractivity contribution in [1.82, 2.24) is 5.32 Å². The van der Waals surface area contributed by atoms with Crippen LogP contribution in [0.25, 0.3) is 0 Å². The van der Waals surface area contributed by atoms with E-state index in [0.29, 0.717) is 28.7 Å². The number of hydrogen-bond donors (Lipinski definition) is 1. The first-order valence-corrected chi connectivity index (χ1v) is 8.26. The summed E-state index contributed by atoms with van der Waals surface area (Å²) in [6.45, 7) is 2.60. The molecule has 0 aliphatic rings. The van der Waals surface area contributed by atoms with Crippen LogP contribution in [0.2, 0.25) is 5.02 Å². The summed E-state index contributed by atoms with van der Waals surface area (Å²) in [4.78, 5) is 12.3. The molecule has 0 aliphatic carbocycles. The van der Waals surface area contributed by atoms with Crippen LogP contribution in [0.1, 0.15) is 22.8 Å². The summed E-state index contributed by atoms with van der Waals surface area (Å²) in [6, 6.07) is 12.3. The maximum absolute atomic E-state index is 12.3. The highest BCUT2D eigenvalue weighted by Crippen LogP contribution is 2.23. The van der Waals surface area contributed by atoms with Gasteiger partial charge in [-0.15, -0.1) is 0 Å². The van der Waals surface area contributed by atoms with Crippen molar-refractivity contribution >= 4 is 17.5 Å². The smallest absolute Gasteiger partial charge is 0.251 e. The van der Waals surface area contributed by atoms with Gasteiger partial charge in [0.2, 0.25) is 0 Å². The van der Waals surface area contributed by atoms with E-state index in [2.05, 4.69) is 5.32 Å². The Hall–Kier alpha value is -2.24. The lowest BCUT2D eigenvalue weighted by Gasteiger charge is -2.15. The minimum atomic E-state index is -0.170. The molecule has 5 nitrogen and oxygen atoms in total. The first-order chi connectivity index (χ1) is 12.0. The van der Waals surface area contributed by atoms with Gasteiger partial charge in [-0.2, -0.15) is 0 Å². The molecule has 134 valence electrons. The van der Waals surface area contributed by atoms with E-state index >= 15 is 0 Å². The molecule has 1 amide bonds. The summed E-state index contributed by atoms with van der Waals surface area (Å²) in [7, 11) is 3.18. The van der Waals surface area contributed by atoms with Gasteiger partial charge in [-0.3, -0.25) is 4.79 Å². The molecule has 0 aliphatic heterocycles. The molecular formula is C19H22ClNO4. The fourth-order valence-electron chi connectivity index (χ4n) is 2.35. The Morgan fingerprint density at radius 3 is 2.68 bits per heavy atom. The number of hydrogen-bond acceptors (Lipinski definition) is 4. The Labute approximate surface area is 152 Å². The van der Waals surface area contributed by atoms with Gasteiger partial charge in [0.25, 0.3) is 5.91 Å². The number of rotatable bonds is 8. The van der Waals surface area contributed by atoms with Crippen molar-refractivity contribution < 1.29 is 19.0 Å². The molecule has 0 bridgehead atoms. The fourth-order valence-corrected chi connectivity index (χ4v) is 2.53. The molecule has 6 heteroatoms. The zero-order valence-electron chi connectivity index (χ0n) is 14.5. The molecule has 2 rings (SSSR count). The third-order valence-electron chi connectivity index (χ3n) is 3.53. The summed E-state index contributed by atoms with van der Waals surface area (Å²) in [5.74, 6) is 1.14. The monoisotopic (exact) mass is 363 g/mol. The SMILES string of the molecule is COC[C@H](C)NC(=O)c1ccc(OC)c(COc2cccc(Cl)c2)c1. The second kappa shape index (κ2) is 9.30. The molecule has 2 aromatic carbocycles. The molecule has 0 aromatic heterocycles. The Kier molecular flexibility index (Phi) is 7.10. The molecule has 1 N–H and O–H groups in total. The molecule has 25 heavy (non-hydrogen) atoms. The van der Waals surface area contributed by atoms with Crippen molar-refractivity contribution in [3.05, 3.63) is 58.6 Å². The lowest BCUT2D eigenvalue weighted by atomic mass is 10.1. The van der Waals surface area contributed by atoms with E-state index in [1.165, 1.54) is 0 Å². The van der Waals surface area contributed by atoms with Crippen molar-refractivity contribution in [2.75, 3.05) is 20.8 Å². The lowest BCUT2D eigenvalue weighted by Crippen LogP contribution is -2.35. The molecule has 0 unspecified atom stereocenters. The van der Waals surface area contributed by atoms with Crippen LogP contribution in [-0.4, -0.2) is 32.8 Å². The third-order valence-corrected chi connectivity index (χ3v) is 3.76. The van der Waals surface area contributed by atoms with Gasteiger partial charge >= 0.3 is 0 Å². The largest absolute Gasteiger partial charge is 0.496 e.